The van der Waals surface area contributed by atoms with Crippen molar-refractivity contribution in [2.24, 2.45) is 9.04 Å². The van der Waals surface area contributed by atoms with Crippen LogP contribution in [0.15, 0.2) is 61.3 Å². The smallest absolute Gasteiger partial charge is 0.264 e. The predicted molar refractivity (Wildman–Crippen MR) is 90.4 cm³/mol. The Morgan fingerprint density at radius 1 is 0.846 bits per heavy atom. The van der Waals surface area contributed by atoms with Crippen LogP contribution >= 0.6 is 0 Å². The van der Waals surface area contributed by atoms with Gasteiger partial charge in [-0.3, -0.25) is 0 Å². The molecule has 0 heterocycles. The van der Waals surface area contributed by atoms with Gasteiger partial charge in [0.1, 0.15) is 11.5 Å². The summed E-state index contributed by atoms with van der Waals surface area (Å²) in [6, 6.07) is 9.11. The molecule has 0 amide bonds. The van der Waals surface area contributed by atoms with E-state index in [2.05, 4.69) is 18.9 Å². The fourth-order valence-corrected chi connectivity index (χ4v) is 3.54. The minimum atomic E-state index is -4.11. The van der Waals surface area contributed by atoms with Crippen LogP contribution in [0.4, 0.5) is 0 Å². The maximum Gasteiger partial charge on any atom is 0.264 e. The highest BCUT2D eigenvalue weighted by atomic mass is 32.2. The molecule has 2 aromatic carbocycles. The Bertz CT molecular complexity index is 1150. The van der Waals surface area contributed by atoms with Crippen LogP contribution in [0, 0.1) is 6.92 Å². The second-order valence-corrected chi connectivity index (χ2v) is 7.93. The molecule has 0 aliphatic heterocycles. The Balaban J connectivity index is 2.29. The minimum absolute atomic E-state index is 0.154. The van der Waals surface area contributed by atoms with Crippen molar-refractivity contribution < 1.29 is 21.6 Å². The van der Waals surface area contributed by atoms with E-state index in [4.69, 9.17) is 15.8 Å². The monoisotopic (exact) mass is 394 g/mol. The maximum atomic E-state index is 11.8. The Labute approximate surface area is 148 Å². The summed E-state index contributed by atoms with van der Waals surface area (Å²) in [7, 11) is -8.20. The lowest BCUT2D eigenvalue weighted by Crippen LogP contribution is -1.99. The van der Waals surface area contributed by atoms with E-state index in [9.17, 15) is 16.8 Å². The number of aryl methyl sites for hydroxylation is 1. The maximum absolute atomic E-state index is 11.8. The van der Waals surface area contributed by atoms with E-state index in [1.54, 1.807) is 0 Å². The van der Waals surface area contributed by atoms with Gasteiger partial charge in [-0.05, 0) is 66.0 Å². The molecule has 0 fully saturated rings. The Morgan fingerprint density at radius 3 is 1.92 bits per heavy atom. The lowest BCUT2D eigenvalue weighted by atomic mass is 10.2. The standard InChI is InChI=1S/C13H10N6O5S2/c1-9-8-11(4-7-13(9)26(22,23)19-17-15)24-10-2-5-12(6-3-10)25(20,21)18-16-14/h2-8H,1H3. The third-order valence-electron chi connectivity index (χ3n) is 3.07. The third-order valence-corrected chi connectivity index (χ3v) is 5.53. The Kier molecular flexibility index (Phi) is 5.38. The second-order valence-electron chi connectivity index (χ2n) is 4.79. The molecule has 0 aromatic heterocycles. The molecule has 0 radical (unpaired) electrons. The van der Waals surface area contributed by atoms with Gasteiger partial charge in [0.05, 0.1) is 9.79 Å². The number of rotatable bonds is 6. The van der Waals surface area contributed by atoms with Crippen molar-refractivity contribution in [3.05, 3.63) is 68.9 Å². The quantitative estimate of drug-likeness (QED) is 0.410. The van der Waals surface area contributed by atoms with Gasteiger partial charge < -0.3 is 4.74 Å². The zero-order valence-corrected chi connectivity index (χ0v) is 14.7. The number of hydrogen-bond donors (Lipinski definition) is 0. The van der Waals surface area contributed by atoms with E-state index < -0.39 is 20.0 Å². The molecule has 11 nitrogen and oxygen atoms in total. The van der Waals surface area contributed by atoms with Crippen LogP contribution in [-0.2, 0) is 20.0 Å². The summed E-state index contributed by atoms with van der Waals surface area (Å²) < 4.78 is 57.7. The average molecular weight is 394 g/mol. The molecule has 0 atom stereocenters. The van der Waals surface area contributed by atoms with Crippen LogP contribution < -0.4 is 4.74 Å². The fourth-order valence-electron chi connectivity index (χ4n) is 1.98. The molecule has 26 heavy (non-hydrogen) atoms. The largest absolute Gasteiger partial charge is 0.457 e. The van der Waals surface area contributed by atoms with Crippen LogP contribution in [0.3, 0.4) is 0 Å². The van der Waals surface area contributed by atoms with Crippen molar-refractivity contribution in [2.75, 3.05) is 0 Å². The summed E-state index contributed by atoms with van der Waals surface area (Å²) in [5, 5.41) is 0. The second kappa shape index (κ2) is 7.33. The van der Waals surface area contributed by atoms with Crippen molar-refractivity contribution in [3.63, 3.8) is 0 Å². The van der Waals surface area contributed by atoms with Crippen LogP contribution in [0.1, 0.15) is 5.56 Å². The van der Waals surface area contributed by atoms with Gasteiger partial charge in [-0.15, -0.1) is 0 Å². The molecular formula is C13H10N6O5S2. The number of ether oxygens (including phenoxy) is 1. The van der Waals surface area contributed by atoms with Crippen molar-refractivity contribution in [1.82, 2.24) is 0 Å². The first-order chi connectivity index (χ1) is 12.2. The Morgan fingerprint density at radius 2 is 1.38 bits per heavy atom. The Hall–Kier alpha value is -3.24. The van der Waals surface area contributed by atoms with Gasteiger partial charge in [0.15, 0.2) is 0 Å². The summed E-state index contributed by atoms with van der Waals surface area (Å²) >= 11 is 0. The van der Waals surface area contributed by atoms with Crippen LogP contribution in [0.5, 0.6) is 11.5 Å². The molecule has 0 N–H and O–H groups in total. The zero-order chi connectivity index (χ0) is 19.4. The van der Waals surface area contributed by atoms with Crippen molar-refractivity contribution in [3.8, 4) is 11.5 Å². The van der Waals surface area contributed by atoms with Gasteiger partial charge in [-0.2, -0.15) is 0 Å². The van der Waals surface area contributed by atoms with Gasteiger partial charge >= 0.3 is 0 Å². The molecule has 0 bridgehead atoms. The molecule has 0 unspecified atom stereocenters. The van der Waals surface area contributed by atoms with Crippen LogP contribution in [-0.4, -0.2) is 16.8 Å². The number of azide groups is 2. The van der Waals surface area contributed by atoms with Gasteiger partial charge in [-0.25, -0.2) is 16.8 Å². The van der Waals surface area contributed by atoms with E-state index >= 15 is 0 Å². The van der Waals surface area contributed by atoms with Crippen molar-refractivity contribution in [1.29, 1.82) is 0 Å². The highest BCUT2D eigenvalue weighted by molar-refractivity contribution is 7.90. The molecular weight excluding hydrogens is 384 g/mol. The van der Waals surface area contributed by atoms with Crippen LogP contribution in [0.25, 0.3) is 20.9 Å². The fraction of sp³-hybridized carbons (Fsp3) is 0.0769. The number of sulfonamides is 2. The molecule has 0 spiro atoms. The highest BCUT2D eigenvalue weighted by Crippen LogP contribution is 2.27. The summed E-state index contributed by atoms with van der Waals surface area (Å²) in [5.74, 6) is 0.558. The van der Waals surface area contributed by atoms with Gasteiger partial charge in [0.25, 0.3) is 20.0 Å². The minimum Gasteiger partial charge on any atom is -0.457 e. The topological polar surface area (TPSA) is 175 Å². The van der Waals surface area contributed by atoms with Crippen molar-refractivity contribution in [2.45, 2.75) is 16.7 Å². The van der Waals surface area contributed by atoms with E-state index in [1.165, 1.54) is 49.4 Å². The number of benzene rings is 2. The lowest BCUT2D eigenvalue weighted by molar-refractivity contribution is 0.481. The third kappa shape index (κ3) is 4.23. The first-order valence-corrected chi connectivity index (χ1v) is 9.59. The summed E-state index contributed by atoms with van der Waals surface area (Å²) in [5.41, 5.74) is 16.8. The highest BCUT2D eigenvalue weighted by Gasteiger charge is 2.16. The van der Waals surface area contributed by atoms with E-state index in [0.29, 0.717) is 5.56 Å². The SMILES string of the molecule is Cc1cc(Oc2ccc(S(=O)(=O)N=[N+]=[N-])cc2)ccc1S(=O)(=O)N=[N+]=[N-]. The molecule has 0 saturated heterocycles. The molecule has 134 valence electrons. The van der Waals surface area contributed by atoms with Crippen LogP contribution in [0.2, 0.25) is 0 Å². The van der Waals surface area contributed by atoms with Gasteiger partial charge in [0, 0.05) is 18.9 Å². The molecule has 0 aliphatic rings. The summed E-state index contributed by atoms with van der Waals surface area (Å²) in [6.45, 7) is 1.50. The molecule has 0 aliphatic carbocycles. The van der Waals surface area contributed by atoms with E-state index in [1.807, 2.05) is 0 Å². The molecule has 0 saturated carbocycles. The lowest BCUT2D eigenvalue weighted by Gasteiger charge is -2.09. The van der Waals surface area contributed by atoms with Crippen molar-refractivity contribution >= 4 is 20.0 Å². The molecule has 2 rings (SSSR count). The summed E-state index contributed by atoms with van der Waals surface area (Å²) in [6.07, 6.45) is 0. The molecule has 2 aromatic rings. The van der Waals surface area contributed by atoms with E-state index in [0.717, 1.165) is 0 Å². The first kappa shape index (κ1) is 19.1. The molecule has 13 heteroatoms. The number of hydrogen-bond acceptors (Lipinski definition) is 5. The normalized spacial score (nSPS) is 11.1. The van der Waals surface area contributed by atoms with Gasteiger partial charge in [0.2, 0.25) is 0 Å². The number of nitrogens with zero attached hydrogens (tertiary/aromatic N) is 6. The van der Waals surface area contributed by atoms with E-state index in [-0.39, 0.29) is 21.3 Å². The van der Waals surface area contributed by atoms with Gasteiger partial charge in [-0.1, -0.05) is 0 Å². The summed E-state index contributed by atoms with van der Waals surface area (Å²) in [4.78, 5) is 4.18. The first-order valence-electron chi connectivity index (χ1n) is 6.71. The predicted octanol–water partition coefficient (Wildman–Crippen LogP) is 3.79. The zero-order valence-electron chi connectivity index (χ0n) is 13.1. The average Bonchev–Trinajstić information content (AvgIpc) is 2.55.